The van der Waals surface area contributed by atoms with Crippen molar-refractivity contribution in [2.75, 3.05) is 0 Å². The lowest BCUT2D eigenvalue weighted by Crippen LogP contribution is -2.50. The molecule has 0 bridgehead atoms. The van der Waals surface area contributed by atoms with E-state index in [1.54, 1.807) is 6.07 Å². The van der Waals surface area contributed by atoms with Gasteiger partial charge in [-0.1, -0.05) is 24.3 Å². The smallest absolute Gasteiger partial charge is 0.405 e. The van der Waals surface area contributed by atoms with E-state index >= 15 is 0 Å². The summed E-state index contributed by atoms with van der Waals surface area (Å²) in [4.78, 5) is 26.4. The van der Waals surface area contributed by atoms with Crippen LogP contribution < -0.4 is 5.32 Å². The maximum Gasteiger partial charge on any atom is 0.405 e. The maximum absolute atomic E-state index is 11.3. The monoisotopic (exact) mass is 409 g/mol. The molecular formula is C21H19N3O4S. The number of aryl methyl sites for hydroxylation is 1. The SMILES string of the molecule is Cc1cscc1-c1cc([N+](=O)[O-])cnc1-c1ccc(C2(NC(=O)O)CCC2)cc1. The lowest BCUT2D eigenvalue weighted by Gasteiger charge is -2.42. The maximum atomic E-state index is 11.3. The Morgan fingerprint density at radius 1 is 1.24 bits per heavy atom. The van der Waals surface area contributed by atoms with Gasteiger partial charge in [-0.2, -0.15) is 11.3 Å². The number of aromatic nitrogens is 1. The highest BCUT2D eigenvalue weighted by Crippen LogP contribution is 2.42. The molecule has 148 valence electrons. The molecule has 0 unspecified atom stereocenters. The van der Waals surface area contributed by atoms with Gasteiger partial charge < -0.3 is 10.4 Å². The van der Waals surface area contributed by atoms with Gasteiger partial charge in [-0.15, -0.1) is 0 Å². The molecule has 29 heavy (non-hydrogen) atoms. The van der Waals surface area contributed by atoms with E-state index in [0.717, 1.165) is 41.5 Å². The fourth-order valence-corrected chi connectivity index (χ4v) is 4.64. The van der Waals surface area contributed by atoms with Crippen molar-refractivity contribution in [3.63, 3.8) is 0 Å². The van der Waals surface area contributed by atoms with Gasteiger partial charge in [0.25, 0.3) is 5.69 Å². The number of nitro groups is 1. The van der Waals surface area contributed by atoms with Crippen LogP contribution in [-0.4, -0.2) is 21.1 Å². The lowest BCUT2D eigenvalue weighted by molar-refractivity contribution is -0.385. The number of hydrogen-bond acceptors (Lipinski definition) is 5. The van der Waals surface area contributed by atoms with Gasteiger partial charge in [-0.3, -0.25) is 10.1 Å². The Morgan fingerprint density at radius 2 is 1.97 bits per heavy atom. The second kappa shape index (κ2) is 7.29. The topological polar surface area (TPSA) is 105 Å². The Labute approximate surface area is 171 Å². The highest BCUT2D eigenvalue weighted by atomic mass is 32.1. The number of pyridine rings is 1. The predicted molar refractivity (Wildman–Crippen MR) is 111 cm³/mol. The van der Waals surface area contributed by atoms with Gasteiger partial charge in [0.05, 0.1) is 16.2 Å². The molecule has 4 rings (SSSR count). The summed E-state index contributed by atoms with van der Waals surface area (Å²) in [6, 6.07) is 9.19. The Balaban J connectivity index is 1.76. The largest absolute Gasteiger partial charge is 0.465 e. The number of nitrogens with one attached hydrogen (secondary N) is 1. The van der Waals surface area contributed by atoms with Crippen LogP contribution in [-0.2, 0) is 5.54 Å². The number of hydrogen-bond donors (Lipinski definition) is 2. The second-order valence-corrected chi connectivity index (χ2v) is 8.00. The molecular weight excluding hydrogens is 390 g/mol. The first kappa shape index (κ1) is 19.1. The van der Waals surface area contributed by atoms with Crippen molar-refractivity contribution >= 4 is 23.1 Å². The van der Waals surface area contributed by atoms with E-state index in [1.165, 1.54) is 17.5 Å². The van der Waals surface area contributed by atoms with E-state index in [2.05, 4.69) is 10.3 Å². The van der Waals surface area contributed by atoms with Crippen LogP contribution in [0.15, 0.2) is 47.3 Å². The number of benzene rings is 1. The van der Waals surface area contributed by atoms with Gasteiger partial charge >= 0.3 is 6.09 Å². The minimum Gasteiger partial charge on any atom is -0.465 e. The third kappa shape index (κ3) is 3.47. The minimum absolute atomic E-state index is 0.0509. The lowest BCUT2D eigenvalue weighted by atomic mass is 9.71. The second-order valence-electron chi connectivity index (χ2n) is 7.26. The third-order valence-electron chi connectivity index (χ3n) is 5.49. The van der Waals surface area contributed by atoms with Crippen LogP contribution in [0.5, 0.6) is 0 Å². The zero-order valence-electron chi connectivity index (χ0n) is 15.7. The molecule has 1 saturated carbocycles. The summed E-state index contributed by atoms with van der Waals surface area (Å²) in [6.07, 6.45) is 2.77. The number of nitrogens with zero attached hydrogens (tertiary/aromatic N) is 2. The van der Waals surface area contributed by atoms with Crippen LogP contribution in [0.2, 0.25) is 0 Å². The molecule has 0 radical (unpaired) electrons. The number of amides is 1. The van der Waals surface area contributed by atoms with Crippen LogP contribution in [0.1, 0.15) is 30.4 Å². The van der Waals surface area contributed by atoms with Crippen molar-refractivity contribution in [3.05, 3.63) is 68.5 Å². The predicted octanol–water partition coefficient (Wildman–Crippen LogP) is 5.34. The van der Waals surface area contributed by atoms with E-state index in [9.17, 15) is 20.0 Å². The molecule has 3 aromatic rings. The molecule has 1 amide bonds. The zero-order chi connectivity index (χ0) is 20.6. The molecule has 7 nitrogen and oxygen atoms in total. The van der Waals surface area contributed by atoms with Crippen molar-refractivity contribution in [2.24, 2.45) is 0 Å². The van der Waals surface area contributed by atoms with Gasteiger partial charge in [0.2, 0.25) is 0 Å². The summed E-state index contributed by atoms with van der Waals surface area (Å²) in [5.74, 6) is 0. The van der Waals surface area contributed by atoms with Crippen molar-refractivity contribution < 1.29 is 14.8 Å². The molecule has 8 heteroatoms. The first-order chi connectivity index (χ1) is 13.9. The zero-order valence-corrected chi connectivity index (χ0v) is 16.5. The third-order valence-corrected chi connectivity index (χ3v) is 6.36. The molecule has 1 aliphatic carbocycles. The Bertz CT molecular complexity index is 1090. The summed E-state index contributed by atoms with van der Waals surface area (Å²) in [5.41, 5.74) is 4.51. The van der Waals surface area contributed by atoms with E-state index in [1.807, 2.05) is 41.9 Å². The van der Waals surface area contributed by atoms with Gasteiger partial charge in [0.15, 0.2) is 0 Å². The average Bonchev–Trinajstić information content (AvgIpc) is 3.10. The highest BCUT2D eigenvalue weighted by molar-refractivity contribution is 7.08. The van der Waals surface area contributed by atoms with E-state index in [-0.39, 0.29) is 5.69 Å². The van der Waals surface area contributed by atoms with E-state index in [4.69, 9.17) is 0 Å². The Morgan fingerprint density at radius 3 is 2.48 bits per heavy atom. The van der Waals surface area contributed by atoms with E-state index in [0.29, 0.717) is 11.3 Å². The van der Waals surface area contributed by atoms with E-state index < -0.39 is 16.6 Å². The fourth-order valence-electron chi connectivity index (χ4n) is 3.79. The van der Waals surface area contributed by atoms with Crippen molar-refractivity contribution in [3.8, 4) is 22.4 Å². The van der Waals surface area contributed by atoms with Gasteiger partial charge in [0, 0.05) is 17.2 Å². The number of rotatable bonds is 5. The molecule has 0 saturated heterocycles. The van der Waals surface area contributed by atoms with Gasteiger partial charge in [-0.05, 0) is 53.6 Å². The summed E-state index contributed by atoms with van der Waals surface area (Å²) in [7, 11) is 0. The molecule has 0 atom stereocenters. The average molecular weight is 409 g/mol. The number of carboxylic acid groups (broad SMARTS) is 1. The molecule has 0 aliphatic heterocycles. The van der Waals surface area contributed by atoms with Gasteiger partial charge in [-0.25, -0.2) is 9.78 Å². The summed E-state index contributed by atoms with van der Waals surface area (Å²) in [6.45, 7) is 1.97. The van der Waals surface area contributed by atoms with Crippen LogP contribution in [0.25, 0.3) is 22.4 Å². The number of carbonyl (C=O) groups is 1. The van der Waals surface area contributed by atoms with Gasteiger partial charge in [0.1, 0.15) is 6.20 Å². The van der Waals surface area contributed by atoms with Crippen molar-refractivity contribution in [2.45, 2.75) is 31.7 Å². The first-order valence-corrected chi connectivity index (χ1v) is 10.1. The molecule has 2 aromatic heterocycles. The normalized spacial score (nSPS) is 14.8. The fraction of sp³-hybridized carbons (Fsp3) is 0.238. The van der Waals surface area contributed by atoms with Crippen LogP contribution in [0, 0.1) is 17.0 Å². The summed E-state index contributed by atoms with van der Waals surface area (Å²) in [5, 5.41) is 27.0. The quantitative estimate of drug-likeness (QED) is 0.437. The minimum atomic E-state index is -1.03. The highest BCUT2D eigenvalue weighted by Gasteiger charge is 2.40. The molecule has 2 heterocycles. The molecule has 1 aliphatic rings. The molecule has 0 spiro atoms. The standard InChI is InChI=1S/C21H19N3O4S/c1-13-11-29-12-18(13)17-9-16(24(27)28)10-22-19(17)14-3-5-15(6-4-14)21(7-2-8-21)23-20(25)26/h3-6,9-12,23H,2,7-8H2,1H3,(H,25,26). The van der Waals surface area contributed by atoms with Crippen LogP contribution in [0.4, 0.5) is 10.5 Å². The molecule has 1 aromatic carbocycles. The molecule has 2 N–H and O–H groups in total. The summed E-state index contributed by atoms with van der Waals surface area (Å²) >= 11 is 1.54. The Hall–Kier alpha value is -3.26. The van der Waals surface area contributed by atoms with Crippen molar-refractivity contribution in [1.29, 1.82) is 0 Å². The Kier molecular flexibility index (Phi) is 4.79. The number of thiophene rings is 1. The van der Waals surface area contributed by atoms with Crippen molar-refractivity contribution in [1.82, 2.24) is 10.3 Å². The summed E-state index contributed by atoms with van der Waals surface area (Å²) < 4.78 is 0. The van der Waals surface area contributed by atoms with Crippen LogP contribution >= 0.6 is 11.3 Å². The first-order valence-electron chi connectivity index (χ1n) is 9.19. The molecule has 1 fully saturated rings. The van der Waals surface area contributed by atoms with Crippen LogP contribution in [0.3, 0.4) is 0 Å².